The van der Waals surface area contributed by atoms with Crippen molar-refractivity contribution in [1.82, 2.24) is 0 Å². The summed E-state index contributed by atoms with van der Waals surface area (Å²) in [6.45, 7) is 0. The Morgan fingerprint density at radius 3 is 2.35 bits per heavy atom. The Morgan fingerprint density at radius 2 is 1.76 bits per heavy atom. The Hall–Kier alpha value is -0.140. The average molecular weight is 308 g/mol. The zero-order chi connectivity index (χ0) is 12.5. The van der Waals surface area contributed by atoms with E-state index >= 15 is 0 Å². The molecule has 0 fully saturated rings. The first kappa shape index (κ1) is 13.3. The zero-order valence-electron chi connectivity index (χ0n) is 8.84. The molecule has 0 amide bonds. The minimum absolute atomic E-state index is 0.374. The van der Waals surface area contributed by atoms with E-state index in [2.05, 4.69) is 0 Å². The molecule has 1 aliphatic carbocycles. The summed E-state index contributed by atoms with van der Waals surface area (Å²) in [6.07, 6.45) is 3.93. The number of benzene rings is 1. The van der Waals surface area contributed by atoms with E-state index in [0.29, 0.717) is 16.5 Å². The first-order chi connectivity index (χ1) is 8.01. The van der Waals surface area contributed by atoms with Gasteiger partial charge in [-0.1, -0.05) is 53.5 Å². The summed E-state index contributed by atoms with van der Waals surface area (Å²) in [5, 5.41) is 0.772. The Morgan fingerprint density at radius 1 is 1.12 bits per heavy atom. The van der Waals surface area contributed by atoms with E-state index in [1.165, 1.54) is 0 Å². The Kier molecular flexibility index (Phi) is 4.10. The van der Waals surface area contributed by atoms with E-state index in [1.54, 1.807) is 12.2 Å². The quantitative estimate of drug-likeness (QED) is 0.624. The fourth-order valence-electron chi connectivity index (χ4n) is 1.84. The molecule has 0 nitrogen and oxygen atoms in total. The van der Waals surface area contributed by atoms with Crippen molar-refractivity contribution >= 4 is 46.4 Å². The molecule has 1 aromatic carbocycles. The second kappa shape index (κ2) is 5.24. The fourth-order valence-corrected chi connectivity index (χ4v) is 3.36. The van der Waals surface area contributed by atoms with Crippen molar-refractivity contribution in [1.29, 1.82) is 0 Å². The molecule has 0 heterocycles. The molecule has 0 N–H and O–H groups in total. The maximum atomic E-state index is 6.53. The average Bonchev–Trinajstić information content (AvgIpc) is 2.27. The first-order valence-corrected chi connectivity index (χ1v) is 6.71. The molecule has 17 heavy (non-hydrogen) atoms. The standard InChI is InChI=1S/C13H10Cl4/c14-10-6-11(15)8-13(17,7-10)12(16)9-4-2-1-3-5-9/h1-7,12H,8H2. The molecular formula is C13H10Cl4. The second-order valence-corrected chi connectivity index (χ2v) is 6.06. The van der Waals surface area contributed by atoms with Gasteiger partial charge < -0.3 is 0 Å². The van der Waals surface area contributed by atoms with Gasteiger partial charge in [-0.15, -0.1) is 23.2 Å². The molecule has 0 radical (unpaired) electrons. The van der Waals surface area contributed by atoms with Crippen LogP contribution in [0.2, 0.25) is 0 Å². The predicted molar refractivity (Wildman–Crippen MR) is 76.1 cm³/mol. The minimum Gasteiger partial charge on any atom is -0.116 e. The third-order valence-electron chi connectivity index (χ3n) is 2.63. The van der Waals surface area contributed by atoms with Crippen molar-refractivity contribution in [3.05, 3.63) is 58.1 Å². The molecule has 0 spiro atoms. The van der Waals surface area contributed by atoms with Gasteiger partial charge in [0.1, 0.15) is 0 Å². The van der Waals surface area contributed by atoms with Gasteiger partial charge in [0.25, 0.3) is 0 Å². The minimum atomic E-state index is -0.772. The lowest BCUT2D eigenvalue weighted by Crippen LogP contribution is -2.26. The van der Waals surface area contributed by atoms with Gasteiger partial charge in [0.05, 0.1) is 10.3 Å². The van der Waals surface area contributed by atoms with Crippen LogP contribution in [0.3, 0.4) is 0 Å². The molecule has 2 atom stereocenters. The molecule has 1 aromatic rings. The third-order valence-corrected chi connectivity index (χ3v) is 4.30. The van der Waals surface area contributed by atoms with E-state index in [4.69, 9.17) is 46.4 Å². The number of rotatable bonds is 2. The van der Waals surface area contributed by atoms with Gasteiger partial charge in [-0.25, -0.2) is 0 Å². The van der Waals surface area contributed by atoms with Crippen LogP contribution in [0.25, 0.3) is 0 Å². The van der Waals surface area contributed by atoms with Crippen LogP contribution in [0.4, 0.5) is 0 Å². The van der Waals surface area contributed by atoms with Crippen LogP contribution in [0, 0.1) is 0 Å². The molecule has 90 valence electrons. The maximum Gasteiger partial charge on any atom is 0.0896 e. The predicted octanol–water partition coefficient (Wildman–Crippen LogP) is 5.59. The van der Waals surface area contributed by atoms with E-state index in [1.807, 2.05) is 30.3 Å². The van der Waals surface area contributed by atoms with Gasteiger partial charge in [-0.3, -0.25) is 0 Å². The lowest BCUT2D eigenvalue weighted by molar-refractivity contribution is 0.666. The largest absolute Gasteiger partial charge is 0.116 e. The van der Waals surface area contributed by atoms with Crippen molar-refractivity contribution in [3.8, 4) is 0 Å². The van der Waals surface area contributed by atoms with Gasteiger partial charge in [0.15, 0.2) is 0 Å². The highest BCUT2D eigenvalue weighted by Gasteiger charge is 2.37. The van der Waals surface area contributed by atoms with Crippen LogP contribution < -0.4 is 0 Å². The van der Waals surface area contributed by atoms with E-state index in [-0.39, 0.29) is 5.38 Å². The number of allylic oxidation sites excluding steroid dienone is 4. The fraction of sp³-hybridized carbons (Fsp3) is 0.231. The summed E-state index contributed by atoms with van der Waals surface area (Å²) in [6, 6.07) is 9.67. The smallest absolute Gasteiger partial charge is 0.0896 e. The van der Waals surface area contributed by atoms with Gasteiger partial charge >= 0.3 is 0 Å². The van der Waals surface area contributed by atoms with Crippen molar-refractivity contribution in [2.24, 2.45) is 0 Å². The van der Waals surface area contributed by atoms with Crippen molar-refractivity contribution in [2.45, 2.75) is 16.7 Å². The van der Waals surface area contributed by atoms with E-state index in [0.717, 1.165) is 5.56 Å². The molecule has 0 aliphatic heterocycles. The van der Waals surface area contributed by atoms with Crippen LogP contribution in [-0.4, -0.2) is 4.87 Å². The van der Waals surface area contributed by atoms with E-state index in [9.17, 15) is 0 Å². The molecule has 4 heteroatoms. The Bertz CT molecular complexity index is 464. The number of halogens is 4. The number of hydrogen-bond acceptors (Lipinski definition) is 0. The molecule has 0 saturated carbocycles. The van der Waals surface area contributed by atoms with E-state index < -0.39 is 4.87 Å². The molecule has 1 aliphatic rings. The molecule has 2 rings (SSSR count). The summed E-state index contributed by atoms with van der Waals surface area (Å²) in [5.41, 5.74) is 0.955. The SMILES string of the molecule is ClC1=CC(Cl)(C(Cl)c2ccccc2)CC(Cl)=C1. The summed E-state index contributed by atoms with van der Waals surface area (Å²) < 4.78 is 0. The molecule has 0 saturated heterocycles. The van der Waals surface area contributed by atoms with Gasteiger partial charge in [-0.05, 0) is 17.7 Å². The molecular weight excluding hydrogens is 298 g/mol. The monoisotopic (exact) mass is 306 g/mol. The lowest BCUT2D eigenvalue weighted by atomic mass is 9.91. The van der Waals surface area contributed by atoms with Crippen molar-refractivity contribution < 1.29 is 0 Å². The topological polar surface area (TPSA) is 0 Å². The Balaban J connectivity index is 2.32. The maximum absolute atomic E-state index is 6.53. The van der Waals surface area contributed by atoms with Crippen LogP contribution >= 0.6 is 46.4 Å². The highest BCUT2D eigenvalue weighted by molar-refractivity contribution is 6.39. The van der Waals surface area contributed by atoms with Gasteiger partial charge in [0.2, 0.25) is 0 Å². The van der Waals surface area contributed by atoms with Crippen LogP contribution in [0.15, 0.2) is 52.5 Å². The van der Waals surface area contributed by atoms with Crippen molar-refractivity contribution in [2.75, 3.05) is 0 Å². The summed E-state index contributed by atoms with van der Waals surface area (Å²) in [5.74, 6) is 0. The van der Waals surface area contributed by atoms with Crippen molar-refractivity contribution in [3.63, 3.8) is 0 Å². The molecule has 0 aromatic heterocycles. The highest BCUT2D eigenvalue weighted by Crippen LogP contribution is 2.46. The van der Waals surface area contributed by atoms with Crippen LogP contribution in [-0.2, 0) is 0 Å². The molecule has 0 bridgehead atoms. The van der Waals surface area contributed by atoms with Crippen LogP contribution in [0.5, 0.6) is 0 Å². The van der Waals surface area contributed by atoms with Gasteiger partial charge in [0, 0.05) is 16.5 Å². The number of hydrogen-bond donors (Lipinski definition) is 0. The van der Waals surface area contributed by atoms with Gasteiger partial charge in [-0.2, -0.15) is 0 Å². The summed E-state index contributed by atoms with van der Waals surface area (Å²) in [4.78, 5) is -0.772. The third kappa shape index (κ3) is 3.00. The normalized spacial score (nSPS) is 26.1. The molecule has 2 unspecified atom stereocenters. The first-order valence-electron chi connectivity index (χ1n) is 5.14. The summed E-state index contributed by atoms with van der Waals surface area (Å²) in [7, 11) is 0. The lowest BCUT2D eigenvalue weighted by Gasteiger charge is -2.31. The highest BCUT2D eigenvalue weighted by atomic mass is 35.5. The van der Waals surface area contributed by atoms with Crippen LogP contribution in [0.1, 0.15) is 17.4 Å². The zero-order valence-corrected chi connectivity index (χ0v) is 11.9. The summed E-state index contributed by atoms with van der Waals surface area (Å²) >= 11 is 25.0. The number of alkyl halides is 2. The Labute approximate surface area is 121 Å². The second-order valence-electron chi connectivity index (χ2n) is 4.00.